The van der Waals surface area contributed by atoms with Gasteiger partial charge in [-0.05, 0) is 67.3 Å². The van der Waals surface area contributed by atoms with E-state index in [2.05, 4.69) is 47.2 Å². The summed E-state index contributed by atoms with van der Waals surface area (Å²) in [5.74, 6) is 0.250. The average Bonchev–Trinajstić information content (AvgIpc) is 2.88. The molecule has 0 bridgehead atoms. The van der Waals surface area contributed by atoms with E-state index in [4.69, 9.17) is 0 Å². The average molecular weight is 444 g/mol. The molecule has 2 heterocycles. The molecule has 33 heavy (non-hydrogen) atoms. The smallest absolute Gasteiger partial charge is 0.228 e. The largest absolute Gasteiger partial charge is 0.352 e. The zero-order valence-corrected chi connectivity index (χ0v) is 19.2. The van der Waals surface area contributed by atoms with Crippen molar-refractivity contribution in [1.82, 2.24) is 15.2 Å². The van der Waals surface area contributed by atoms with Crippen LogP contribution in [0.4, 0.5) is 0 Å². The van der Waals surface area contributed by atoms with Gasteiger partial charge < -0.3 is 10.2 Å². The van der Waals surface area contributed by atoms with Gasteiger partial charge in [0.25, 0.3) is 0 Å². The quantitative estimate of drug-likeness (QED) is 0.638. The summed E-state index contributed by atoms with van der Waals surface area (Å²) in [6, 6.07) is 12.3. The highest BCUT2D eigenvalue weighted by Crippen LogP contribution is 2.36. The summed E-state index contributed by atoms with van der Waals surface area (Å²) >= 11 is 0. The van der Waals surface area contributed by atoms with Gasteiger partial charge in [0.1, 0.15) is 0 Å². The van der Waals surface area contributed by atoms with Crippen LogP contribution < -0.4 is 5.32 Å². The molecule has 1 aromatic heterocycles. The minimum absolute atomic E-state index is 0.0118. The van der Waals surface area contributed by atoms with Gasteiger partial charge in [0.2, 0.25) is 11.8 Å². The first-order chi connectivity index (χ1) is 16.1. The number of carbonyl (C=O) groups excluding carboxylic acids is 2. The van der Waals surface area contributed by atoms with Crippen LogP contribution in [0.2, 0.25) is 0 Å². The second-order valence-corrected chi connectivity index (χ2v) is 9.24. The van der Waals surface area contributed by atoms with Crippen molar-refractivity contribution in [2.24, 2.45) is 11.3 Å². The fourth-order valence-electron chi connectivity index (χ4n) is 5.15. The van der Waals surface area contributed by atoms with Gasteiger partial charge in [-0.2, -0.15) is 0 Å². The fraction of sp³-hybridized carbons (Fsp3) is 0.393. The van der Waals surface area contributed by atoms with Crippen LogP contribution in [0.5, 0.6) is 0 Å². The number of hydrogen-bond donors (Lipinski definition) is 1. The Kier molecular flexibility index (Phi) is 7.38. The Labute approximate surface area is 196 Å². The standard InChI is InChI=1S/C28H33N3O2/c1-2-15-30-27(33)28(14-7-18-31(21-28)26(32)24-9-4-3-5-10-24)20-22-8-6-11-25(19-22)23-12-16-29-17-13-23/h2-4,6,8,11-13,16-17,19,24H,1,5,7,9-10,14-15,18,20-21H2,(H,30,33)/t24-,28-/m0/s1. The molecule has 1 aliphatic carbocycles. The van der Waals surface area contributed by atoms with Gasteiger partial charge in [0.15, 0.2) is 0 Å². The van der Waals surface area contributed by atoms with Crippen molar-refractivity contribution in [3.05, 3.63) is 79.2 Å². The monoisotopic (exact) mass is 443 g/mol. The van der Waals surface area contributed by atoms with E-state index in [-0.39, 0.29) is 17.7 Å². The number of piperidine rings is 1. The van der Waals surface area contributed by atoms with E-state index in [0.717, 1.165) is 55.3 Å². The third-order valence-corrected chi connectivity index (χ3v) is 6.88. The van der Waals surface area contributed by atoms with Gasteiger partial charge in [-0.3, -0.25) is 14.6 Å². The Balaban J connectivity index is 1.59. The summed E-state index contributed by atoms with van der Waals surface area (Å²) in [6.45, 7) is 5.37. The van der Waals surface area contributed by atoms with Crippen LogP contribution in [0, 0.1) is 11.3 Å². The third-order valence-electron chi connectivity index (χ3n) is 6.88. The molecule has 1 aromatic carbocycles. The number of pyridine rings is 1. The van der Waals surface area contributed by atoms with Gasteiger partial charge in [0, 0.05) is 37.9 Å². The van der Waals surface area contributed by atoms with Crippen LogP contribution in [0.1, 0.15) is 37.7 Å². The molecule has 5 nitrogen and oxygen atoms in total. The molecule has 2 aliphatic rings. The lowest BCUT2D eigenvalue weighted by atomic mass is 9.73. The Morgan fingerprint density at radius 2 is 2.03 bits per heavy atom. The molecular formula is C28H33N3O2. The molecule has 1 saturated heterocycles. The lowest BCUT2D eigenvalue weighted by Crippen LogP contribution is -2.55. The van der Waals surface area contributed by atoms with Crippen molar-refractivity contribution in [2.75, 3.05) is 19.6 Å². The number of allylic oxidation sites excluding steroid dienone is 2. The van der Waals surface area contributed by atoms with E-state index in [1.54, 1.807) is 18.5 Å². The highest BCUT2D eigenvalue weighted by Gasteiger charge is 2.44. The van der Waals surface area contributed by atoms with Crippen LogP contribution in [0.3, 0.4) is 0 Å². The number of likely N-dealkylation sites (tertiary alicyclic amines) is 1. The normalized spacial score (nSPS) is 22.5. The first kappa shape index (κ1) is 23.0. The molecule has 2 atom stereocenters. The van der Waals surface area contributed by atoms with E-state index in [0.29, 0.717) is 19.5 Å². The van der Waals surface area contributed by atoms with E-state index >= 15 is 0 Å². The maximum atomic E-state index is 13.5. The predicted molar refractivity (Wildman–Crippen MR) is 131 cm³/mol. The highest BCUT2D eigenvalue weighted by molar-refractivity contribution is 5.86. The van der Waals surface area contributed by atoms with Crippen LogP contribution in [-0.2, 0) is 16.0 Å². The van der Waals surface area contributed by atoms with Crippen molar-refractivity contribution < 1.29 is 9.59 Å². The number of benzene rings is 1. The molecule has 0 unspecified atom stereocenters. The summed E-state index contributed by atoms with van der Waals surface area (Å²) in [6.07, 6.45) is 14.4. The van der Waals surface area contributed by atoms with Gasteiger partial charge in [-0.15, -0.1) is 6.58 Å². The molecular weight excluding hydrogens is 410 g/mol. The predicted octanol–water partition coefficient (Wildman–Crippen LogP) is 4.56. The van der Waals surface area contributed by atoms with Crippen LogP contribution in [0.15, 0.2) is 73.6 Å². The van der Waals surface area contributed by atoms with Crippen molar-refractivity contribution in [2.45, 2.75) is 38.5 Å². The third kappa shape index (κ3) is 5.41. The molecule has 5 heteroatoms. The Morgan fingerprint density at radius 3 is 2.79 bits per heavy atom. The molecule has 4 rings (SSSR count). The van der Waals surface area contributed by atoms with Crippen LogP contribution >= 0.6 is 0 Å². The van der Waals surface area contributed by atoms with Gasteiger partial charge in [0.05, 0.1) is 5.41 Å². The first-order valence-corrected chi connectivity index (χ1v) is 11.9. The van der Waals surface area contributed by atoms with E-state index in [9.17, 15) is 9.59 Å². The molecule has 2 amide bonds. The molecule has 1 N–H and O–H groups in total. The fourth-order valence-corrected chi connectivity index (χ4v) is 5.15. The zero-order valence-electron chi connectivity index (χ0n) is 19.2. The highest BCUT2D eigenvalue weighted by atomic mass is 16.2. The van der Waals surface area contributed by atoms with Crippen LogP contribution in [0.25, 0.3) is 11.1 Å². The summed E-state index contributed by atoms with van der Waals surface area (Å²) in [5, 5.41) is 3.03. The molecule has 172 valence electrons. The number of carbonyl (C=O) groups is 2. The van der Waals surface area contributed by atoms with E-state index in [1.807, 2.05) is 23.1 Å². The molecule has 2 aromatic rings. The Morgan fingerprint density at radius 1 is 1.18 bits per heavy atom. The summed E-state index contributed by atoms with van der Waals surface area (Å²) in [7, 11) is 0. The number of nitrogens with zero attached hydrogens (tertiary/aromatic N) is 2. The van der Waals surface area contributed by atoms with E-state index < -0.39 is 5.41 Å². The minimum atomic E-state index is -0.641. The molecule has 1 aliphatic heterocycles. The number of nitrogens with one attached hydrogen (secondary N) is 1. The number of rotatable bonds is 7. The lowest BCUT2D eigenvalue weighted by molar-refractivity contribution is -0.144. The molecule has 0 spiro atoms. The SMILES string of the molecule is C=CCNC(=O)[C@]1(Cc2cccc(-c3ccncc3)c2)CCCN(C(=O)[C@H]2CC=CCC2)C1. The molecule has 0 saturated carbocycles. The van der Waals surface area contributed by atoms with E-state index in [1.165, 1.54) is 0 Å². The summed E-state index contributed by atoms with van der Waals surface area (Å²) in [5.41, 5.74) is 2.67. The summed E-state index contributed by atoms with van der Waals surface area (Å²) < 4.78 is 0. The van der Waals surface area contributed by atoms with Crippen LogP contribution in [-0.4, -0.2) is 41.3 Å². The molecule has 0 radical (unpaired) electrons. The number of aromatic nitrogens is 1. The first-order valence-electron chi connectivity index (χ1n) is 11.9. The van der Waals surface area contributed by atoms with Crippen molar-refractivity contribution >= 4 is 11.8 Å². The van der Waals surface area contributed by atoms with Gasteiger partial charge >= 0.3 is 0 Å². The maximum Gasteiger partial charge on any atom is 0.228 e. The number of amides is 2. The Hall–Kier alpha value is -3.21. The topological polar surface area (TPSA) is 62.3 Å². The van der Waals surface area contributed by atoms with Gasteiger partial charge in [-0.25, -0.2) is 0 Å². The minimum Gasteiger partial charge on any atom is -0.352 e. The Bertz CT molecular complexity index is 1020. The number of hydrogen-bond acceptors (Lipinski definition) is 3. The van der Waals surface area contributed by atoms with Gasteiger partial charge in [-0.1, -0.05) is 42.5 Å². The molecule has 1 fully saturated rings. The lowest BCUT2D eigenvalue weighted by Gasteiger charge is -2.43. The van der Waals surface area contributed by atoms with Crippen molar-refractivity contribution in [1.29, 1.82) is 0 Å². The zero-order chi connectivity index (χ0) is 23.1. The second-order valence-electron chi connectivity index (χ2n) is 9.24. The maximum absolute atomic E-state index is 13.5. The summed E-state index contributed by atoms with van der Waals surface area (Å²) in [4.78, 5) is 32.8. The van der Waals surface area contributed by atoms with Crippen molar-refractivity contribution in [3.8, 4) is 11.1 Å². The second kappa shape index (κ2) is 10.6. The van der Waals surface area contributed by atoms with Crippen molar-refractivity contribution in [3.63, 3.8) is 0 Å².